The Kier molecular flexibility index (Phi) is 4.52. The van der Waals surface area contributed by atoms with Crippen LogP contribution in [0.4, 0.5) is 0 Å². The van der Waals surface area contributed by atoms with Gasteiger partial charge in [-0.1, -0.05) is 19.3 Å². The normalized spacial score (nSPS) is 25.2. The van der Waals surface area contributed by atoms with Crippen molar-refractivity contribution < 1.29 is 8.42 Å². The smallest absolute Gasteiger partial charge is 0.214 e. The fourth-order valence-electron chi connectivity index (χ4n) is 4.21. The third-order valence-electron chi connectivity index (χ3n) is 5.75. The highest BCUT2D eigenvalue weighted by Crippen LogP contribution is 2.30. The van der Waals surface area contributed by atoms with Crippen molar-refractivity contribution in [1.82, 2.24) is 9.21 Å². The number of fused-ring (bicyclic) bond motifs is 1. The molecule has 0 bridgehead atoms. The van der Waals surface area contributed by atoms with Crippen LogP contribution in [0, 0.1) is 5.92 Å². The molecule has 0 radical (unpaired) electrons. The molecule has 1 saturated carbocycles. The first-order valence-corrected chi connectivity index (χ1v) is 11.4. The topological polar surface area (TPSA) is 40.6 Å². The summed E-state index contributed by atoms with van der Waals surface area (Å²) in [5, 5.41) is 2.18. The van der Waals surface area contributed by atoms with Gasteiger partial charge in [0, 0.05) is 37.1 Å². The van der Waals surface area contributed by atoms with Gasteiger partial charge in [0.05, 0.1) is 5.75 Å². The van der Waals surface area contributed by atoms with E-state index in [1.165, 1.54) is 29.7 Å². The van der Waals surface area contributed by atoms with Crippen molar-refractivity contribution in [3.8, 4) is 0 Å². The molecule has 2 fully saturated rings. The summed E-state index contributed by atoms with van der Waals surface area (Å²) < 4.78 is 26.9. The van der Waals surface area contributed by atoms with E-state index in [1.807, 2.05) is 11.3 Å². The minimum absolute atomic E-state index is 0.383. The maximum atomic E-state index is 12.6. The van der Waals surface area contributed by atoms with E-state index >= 15 is 0 Å². The van der Waals surface area contributed by atoms with Gasteiger partial charge in [-0.3, -0.25) is 4.90 Å². The first-order valence-electron chi connectivity index (χ1n) is 8.89. The molecule has 23 heavy (non-hydrogen) atoms. The van der Waals surface area contributed by atoms with E-state index in [1.54, 1.807) is 4.31 Å². The van der Waals surface area contributed by atoms with Crippen LogP contribution in [0.25, 0.3) is 0 Å². The molecular formula is C17H26N2O2S2. The third kappa shape index (κ3) is 3.36. The monoisotopic (exact) mass is 354 g/mol. The van der Waals surface area contributed by atoms with Crippen molar-refractivity contribution in [2.24, 2.45) is 5.92 Å². The van der Waals surface area contributed by atoms with Crippen molar-refractivity contribution >= 4 is 21.4 Å². The number of rotatable bonds is 4. The number of hydrogen-bond donors (Lipinski definition) is 0. The van der Waals surface area contributed by atoms with E-state index < -0.39 is 10.0 Å². The van der Waals surface area contributed by atoms with E-state index in [0.29, 0.717) is 30.8 Å². The summed E-state index contributed by atoms with van der Waals surface area (Å²) in [6, 6.07) is 2.65. The lowest BCUT2D eigenvalue weighted by Gasteiger charge is -2.46. The Hall–Kier alpha value is -0.430. The summed E-state index contributed by atoms with van der Waals surface area (Å²) in [4.78, 5) is 3.99. The Morgan fingerprint density at radius 3 is 2.74 bits per heavy atom. The van der Waals surface area contributed by atoms with Gasteiger partial charge < -0.3 is 0 Å². The highest BCUT2D eigenvalue weighted by molar-refractivity contribution is 7.89. The fourth-order valence-corrected chi connectivity index (χ4v) is 7.04. The molecule has 4 rings (SSSR count). The number of nitrogens with zero attached hydrogens (tertiary/aromatic N) is 2. The van der Waals surface area contributed by atoms with E-state index in [4.69, 9.17) is 0 Å². The molecule has 0 spiro atoms. The van der Waals surface area contributed by atoms with Crippen molar-refractivity contribution in [2.45, 2.75) is 51.1 Å². The predicted octanol–water partition coefficient (Wildman–Crippen LogP) is 2.70. The molecule has 0 aromatic carbocycles. The molecule has 0 N–H and O–H groups in total. The van der Waals surface area contributed by atoms with Crippen LogP contribution in [-0.2, 0) is 23.0 Å². The van der Waals surface area contributed by atoms with Crippen LogP contribution in [0.2, 0.25) is 0 Å². The SMILES string of the molecule is O=S(=O)(CC1CCCCC1)N1CC(N2CCc3sccc3C2)C1. The Balaban J connectivity index is 1.30. The molecule has 128 valence electrons. The number of thiophene rings is 1. The molecular weight excluding hydrogens is 328 g/mol. The first-order chi connectivity index (χ1) is 11.1. The highest BCUT2D eigenvalue weighted by Gasteiger charge is 2.40. The molecule has 1 saturated heterocycles. The number of hydrogen-bond acceptors (Lipinski definition) is 4. The zero-order valence-corrected chi connectivity index (χ0v) is 15.2. The van der Waals surface area contributed by atoms with E-state index in [9.17, 15) is 8.42 Å². The molecule has 1 aromatic heterocycles. The van der Waals surface area contributed by atoms with Crippen molar-refractivity contribution in [2.75, 3.05) is 25.4 Å². The van der Waals surface area contributed by atoms with Crippen LogP contribution in [0.5, 0.6) is 0 Å². The van der Waals surface area contributed by atoms with Gasteiger partial charge in [0.2, 0.25) is 10.0 Å². The van der Waals surface area contributed by atoms with Gasteiger partial charge in [-0.05, 0) is 42.2 Å². The van der Waals surface area contributed by atoms with Crippen molar-refractivity contribution in [1.29, 1.82) is 0 Å². The molecule has 3 aliphatic rings. The largest absolute Gasteiger partial charge is 0.293 e. The quantitative estimate of drug-likeness (QED) is 0.835. The summed E-state index contributed by atoms with van der Waals surface area (Å²) in [7, 11) is -3.04. The molecule has 3 heterocycles. The first kappa shape index (κ1) is 16.1. The average molecular weight is 355 g/mol. The highest BCUT2D eigenvalue weighted by atomic mass is 32.2. The summed E-state index contributed by atoms with van der Waals surface area (Å²) in [5.41, 5.74) is 1.45. The lowest BCUT2D eigenvalue weighted by Crippen LogP contribution is -2.62. The van der Waals surface area contributed by atoms with Gasteiger partial charge in [0.1, 0.15) is 0 Å². The van der Waals surface area contributed by atoms with Crippen LogP contribution >= 0.6 is 11.3 Å². The van der Waals surface area contributed by atoms with E-state index in [2.05, 4.69) is 16.3 Å². The molecule has 1 aromatic rings. The van der Waals surface area contributed by atoms with Crippen LogP contribution in [-0.4, -0.2) is 49.1 Å². The molecule has 1 aliphatic carbocycles. The minimum atomic E-state index is -3.04. The molecule has 6 heteroatoms. The fraction of sp³-hybridized carbons (Fsp3) is 0.765. The lowest BCUT2D eigenvalue weighted by molar-refractivity contribution is 0.0771. The molecule has 0 atom stereocenters. The molecule has 4 nitrogen and oxygen atoms in total. The maximum Gasteiger partial charge on any atom is 0.214 e. The van der Waals surface area contributed by atoms with Crippen LogP contribution in [0.15, 0.2) is 11.4 Å². The maximum absolute atomic E-state index is 12.6. The van der Waals surface area contributed by atoms with Gasteiger partial charge in [-0.2, -0.15) is 4.31 Å². The standard InChI is InChI=1S/C17H26N2O2S2/c20-23(21,13-14-4-2-1-3-5-14)19-11-16(12-19)18-8-6-17-15(10-18)7-9-22-17/h7,9,14,16H,1-6,8,10-13H2. The second-order valence-corrected chi connectivity index (χ2v) is 10.4. The van der Waals surface area contributed by atoms with Crippen LogP contribution < -0.4 is 0 Å². The summed E-state index contributed by atoms with van der Waals surface area (Å²) in [5.74, 6) is 0.783. The van der Waals surface area contributed by atoms with Gasteiger partial charge in [0.15, 0.2) is 0 Å². The zero-order chi connectivity index (χ0) is 15.9. The average Bonchev–Trinajstić information content (AvgIpc) is 2.93. The van der Waals surface area contributed by atoms with Crippen LogP contribution in [0.1, 0.15) is 42.5 Å². The van der Waals surface area contributed by atoms with E-state index in [-0.39, 0.29) is 0 Å². The second-order valence-electron chi connectivity index (χ2n) is 7.34. The predicted molar refractivity (Wildman–Crippen MR) is 94.2 cm³/mol. The van der Waals surface area contributed by atoms with Crippen molar-refractivity contribution in [3.05, 3.63) is 21.9 Å². The third-order valence-corrected chi connectivity index (χ3v) is 8.75. The van der Waals surface area contributed by atoms with Gasteiger partial charge in [-0.25, -0.2) is 8.42 Å². The second kappa shape index (κ2) is 6.47. The summed E-state index contributed by atoms with van der Waals surface area (Å²) in [6.07, 6.45) is 7.02. The Morgan fingerprint density at radius 1 is 1.17 bits per heavy atom. The van der Waals surface area contributed by atoms with Gasteiger partial charge >= 0.3 is 0 Å². The number of sulfonamides is 1. The van der Waals surface area contributed by atoms with Gasteiger partial charge in [0.25, 0.3) is 0 Å². The lowest BCUT2D eigenvalue weighted by atomic mass is 9.91. The molecule has 2 aliphatic heterocycles. The zero-order valence-electron chi connectivity index (χ0n) is 13.6. The summed E-state index contributed by atoms with van der Waals surface area (Å²) >= 11 is 1.86. The Labute approximate surface area is 143 Å². The van der Waals surface area contributed by atoms with E-state index in [0.717, 1.165) is 32.4 Å². The minimum Gasteiger partial charge on any atom is -0.293 e. The van der Waals surface area contributed by atoms with Gasteiger partial charge in [-0.15, -0.1) is 11.3 Å². The Bertz CT molecular complexity index is 643. The Morgan fingerprint density at radius 2 is 1.96 bits per heavy atom. The van der Waals surface area contributed by atoms with Crippen LogP contribution in [0.3, 0.4) is 0 Å². The molecule has 0 unspecified atom stereocenters. The summed E-state index contributed by atoms with van der Waals surface area (Å²) in [6.45, 7) is 3.48. The van der Waals surface area contributed by atoms with Crippen molar-refractivity contribution in [3.63, 3.8) is 0 Å². The molecule has 0 amide bonds.